The lowest BCUT2D eigenvalue weighted by atomic mass is 10.1. The van der Waals surface area contributed by atoms with Gasteiger partial charge in [-0.3, -0.25) is 4.79 Å². The van der Waals surface area contributed by atoms with Crippen LogP contribution < -0.4 is 0 Å². The van der Waals surface area contributed by atoms with Gasteiger partial charge in [-0.15, -0.1) is 6.58 Å². The molecular weight excluding hydrogens is 267 g/mol. The summed E-state index contributed by atoms with van der Waals surface area (Å²) in [5.41, 5.74) is 0. The van der Waals surface area contributed by atoms with Crippen molar-refractivity contribution in [3.05, 3.63) is 24.8 Å². The third-order valence-electron chi connectivity index (χ3n) is 1.39. The number of carbonyl (C=O) groups excluding carboxylic acids is 1. The molecule has 0 fully saturated rings. The topological polar surface area (TPSA) is 37.3 Å². The lowest BCUT2D eigenvalue weighted by Gasteiger charge is -2.01. The highest BCUT2D eigenvalue weighted by atomic mass is 127. The van der Waals surface area contributed by atoms with Crippen molar-refractivity contribution in [2.75, 3.05) is 0 Å². The lowest BCUT2D eigenvalue weighted by molar-refractivity contribution is -0.105. The fourth-order valence-electron chi connectivity index (χ4n) is 0.739. The van der Waals surface area contributed by atoms with E-state index in [-0.39, 0.29) is 3.79 Å². The Morgan fingerprint density at radius 1 is 1.67 bits per heavy atom. The third-order valence-corrected chi connectivity index (χ3v) is 1.75. The second-order valence-corrected chi connectivity index (χ2v) is 3.50. The second-order valence-electron chi connectivity index (χ2n) is 2.44. The van der Waals surface area contributed by atoms with E-state index >= 15 is 0 Å². The molecule has 0 aromatic rings. The van der Waals surface area contributed by atoms with Crippen molar-refractivity contribution in [3.63, 3.8) is 0 Å². The van der Waals surface area contributed by atoms with Crippen LogP contribution in [0.15, 0.2) is 24.8 Å². The molecule has 0 heterocycles. The van der Waals surface area contributed by atoms with Crippen LogP contribution in [0.5, 0.6) is 0 Å². The highest BCUT2D eigenvalue weighted by Gasteiger charge is 1.95. The molecule has 0 bridgehead atoms. The van der Waals surface area contributed by atoms with E-state index in [2.05, 4.69) is 6.58 Å². The Balaban J connectivity index is 3.32. The van der Waals surface area contributed by atoms with Crippen molar-refractivity contribution in [1.82, 2.24) is 0 Å². The van der Waals surface area contributed by atoms with Gasteiger partial charge >= 0.3 is 0 Å². The zero-order valence-electron chi connectivity index (χ0n) is 6.87. The first-order valence-electron chi connectivity index (χ1n) is 3.83. The molecule has 0 unspecified atom stereocenters. The van der Waals surface area contributed by atoms with Crippen LogP contribution in [0.2, 0.25) is 0 Å². The van der Waals surface area contributed by atoms with E-state index in [1.807, 2.05) is 6.08 Å². The maximum atomic E-state index is 10.4. The number of halogens is 1. The molecule has 12 heavy (non-hydrogen) atoms. The molecule has 0 saturated heterocycles. The molecular formula is C9H13IO2. The summed E-state index contributed by atoms with van der Waals surface area (Å²) >= 11 is 1.72. The molecule has 0 aliphatic carbocycles. The molecule has 1 N–H and O–H groups in total. The number of hydrogen-bond acceptors (Lipinski definition) is 2. The Labute approximate surface area is 86.5 Å². The van der Waals surface area contributed by atoms with Gasteiger partial charge in [-0.1, -0.05) is 12.2 Å². The number of carbonyl (C=O) groups is 1. The minimum atomic E-state index is -0.409. The number of hydrogen-bond donors (Lipinski definition) is 1. The quantitative estimate of drug-likeness (QED) is 0.266. The summed E-state index contributed by atoms with van der Waals surface area (Å²) in [6, 6.07) is 0. The smallest absolute Gasteiger partial charge is 0.214 e. The Morgan fingerprint density at radius 2 is 2.33 bits per heavy atom. The summed E-state index contributed by atoms with van der Waals surface area (Å²) in [5.74, 6) is 0. The Hall–Kier alpha value is -0.160. The Bertz CT molecular complexity index is 175. The molecule has 0 amide bonds. The largest absolute Gasteiger partial charge is 0.389 e. The standard InChI is InChI=1S/C9H13IO2/c1-2-8(11)6-4-3-5-7-9(10)12/h2,5,7-8,11H,1,3-4,6H2/b7-5+/t8-/m0/s1. The number of allylic oxidation sites excluding steroid dienone is 2. The van der Waals surface area contributed by atoms with Crippen LogP contribution in [-0.4, -0.2) is 15.0 Å². The molecule has 0 spiro atoms. The van der Waals surface area contributed by atoms with Crippen LogP contribution in [0.1, 0.15) is 19.3 Å². The predicted molar refractivity (Wildman–Crippen MR) is 58.2 cm³/mol. The van der Waals surface area contributed by atoms with Crippen molar-refractivity contribution >= 4 is 26.4 Å². The van der Waals surface area contributed by atoms with E-state index < -0.39 is 6.10 Å². The normalized spacial score (nSPS) is 13.2. The molecule has 0 radical (unpaired) electrons. The van der Waals surface area contributed by atoms with Crippen LogP contribution in [0, 0.1) is 0 Å². The summed E-state index contributed by atoms with van der Waals surface area (Å²) in [5, 5.41) is 9.06. The summed E-state index contributed by atoms with van der Waals surface area (Å²) in [4.78, 5) is 10.4. The highest BCUT2D eigenvalue weighted by molar-refractivity contribution is 14.1. The highest BCUT2D eigenvalue weighted by Crippen LogP contribution is 2.02. The van der Waals surface area contributed by atoms with Gasteiger partial charge in [0.15, 0.2) is 0 Å². The molecule has 0 aliphatic rings. The minimum absolute atomic E-state index is 0.0388. The first-order chi connectivity index (χ1) is 5.66. The SMILES string of the molecule is C=C[C@H](O)CCC/C=C/C(=O)I. The van der Waals surface area contributed by atoms with Gasteiger partial charge < -0.3 is 5.11 Å². The van der Waals surface area contributed by atoms with Crippen molar-refractivity contribution in [3.8, 4) is 0 Å². The van der Waals surface area contributed by atoms with Gasteiger partial charge in [0.25, 0.3) is 0 Å². The van der Waals surface area contributed by atoms with Gasteiger partial charge in [-0.05, 0) is 25.3 Å². The van der Waals surface area contributed by atoms with Gasteiger partial charge in [-0.25, -0.2) is 0 Å². The van der Waals surface area contributed by atoms with Crippen LogP contribution in [-0.2, 0) is 4.79 Å². The molecule has 0 aromatic heterocycles. The minimum Gasteiger partial charge on any atom is -0.389 e. The van der Waals surface area contributed by atoms with Crippen LogP contribution >= 0.6 is 22.6 Å². The first-order valence-corrected chi connectivity index (χ1v) is 4.91. The fraction of sp³-hybridized carbons (Fsp3) is 0.444. The molecule has 0 rings (SSSR count). The van der Waals surface area contributed by atoms with Gasteiger partial charge in [0.1, 0.15) is 0 Å². The van der Waals surface area contributed by atoms with Crippen molar-refractivity contribution in [2.24, 2.45) is 0 Å². The maximum absolute atomic E-state index is 10.4. The van der Waals surface area contributed by atoms with E-state index in [1.54, 1.807) is 28.7 Å². The Morgan fingerprint density at radius 3 is 2.83 bits per heavy atom. The first kappa shape index (κ1) is 11.8. The van der Waals surface area contributed by atoms with Gasteiger partial charge in [0.2, 0.25) is 3.79 Å². The molecule has 68 valence electrons. The lowest BCUT2D eigenvalue weighted by Crippen LogP contribution is -1.99. The van der Waals surface area contributed by atoms with E-state index in [0.717, 1.165) is 12.8 Å². The van der Waals surface area contributed by atoms with Crippen molar-refractivity contribution < 1.29 is 9.90 Å². The zero-order valence-corrected chi connectivity index (χ0v) is 9.03. The summed E-state index contributed by atoms with van der Waals surface area (Å²) in [7, 11) is 0. The van der Waals surface area contributed by atoms with Crippen LogP contribution in [0.25, 0.3) is 0 Å². The summed E-state index contributed by atoms with van der Waals surface area (Å²) in [6.07, 6.45) is 6.91. The second kappa shape index (κ2) is 7.49. The zero-order chi connectivity index (χ0) is 9.40. The summed E-state index contributed by atoms with van der Waals surface area (Å²) < 4.78 is 0.0388. The van der Waals surface area contributed by atoms with Crippen molar-refractivity contribution in [2.45, 2.75) is 25.4 Å². The monoisotopic (exact) mass is 280 g/mol. The van der Waals surface area contributed by atoms with E-state index in [0.29, 0.717) is 6.42 Å². The van der Waals surface area contributed by atoms with E-state index in [1.165, 1.54) is 6.08 Å². The van der Waals surface area contributed by atoms with Gasteiger partial charge in [-0.2, -0.15) is 0 Å². The van der Waals surface area contributed by atoms with E-state index in [9.17, 15) is 4.79 Å². The molecule has 0 aliphatic heterocycles. The molecule has 0 aromatic carbocycles. The molecule has 1 atom stereocenters. The fourth-order valence-corrected chi connectivity index (χ4v) is 0.993. The van der Waals surface area contributed by atoms with E-state index in [4.69, 9.17) is 5.11 Å². The third kappa shape index (κ3) is 7.94. The van der Waals surface area contributed by atoms with Crippen LogP contribution in [0.4, 0.5) is 0 Å². The number of aliphatic hydroxyl groups excluding tert-OH is 1. The van der Waals surface area contributed by atoms with Gasteiger partial charge in [0.05, 0.1) is 6.10 Å². The summed E-state index contributed by atoms with van der Waals surface area (Å²) in [6.45, 7) is 3.46. The number of unbranched alkanes of at least 4 members (excludes halogenated alkanes) is 1. The van der Waals surface area contributed by atoms with Crippen LogP contribution in [0.3, 0.4) is 0 Å². The number of aliphatic hydroxyl groups is 1. The molecule has 2 nitrogen and oxygen atoms in total. The molecule has 0 saturated carbocycles. The molecule has 3 heteroatoms. The average molecular weight is 280 g/mol. The number of rotatable bonds is 6. The van der Waals surface area contributed by atoms with Gasteiger partial charge in [0, 0.05) is 22.6 Å². The maximum Gasteiger partial charge on any atom is 0.214 e. The Kier molecular flexibility index (Phi) is 7.39. The van der Waals surface area contributed by atoms with Crippen molar-refractivity contribution in [1.29, 1.82) is 0 Å². The average Bonchev–Trinajstić information content (AvgIpc) is 2.03. The predicted octanol–water partition coefficient (Wildman–Crippen LogP) is 2.22.